The van der Waals surface area contributed by atoms with E-state index in [1.165, 1.54) is 193 Å². The Morgan fingerprint density at radius 1 is 0.431 bits per heavy atom. The Morgan fingerprint density at radius 3 is 1.14 bits per heavy atom. The Morgan fingerprint density at radius 2 is 0.745 bits per heavy atom. The number of nitrogens with one attached hydrogen (secondary N) is 1. The zero-order valence-electron chi connectivity index (χ0n) is 34.8. The molecule has 1 atom stereocenters. The molecule has 2 N–H and O–H groups in total. The molecule has 4 heteroatoms. The first-order valence-corrected chi connectivity index (χ1v) is 23.2. The summed E-state index contributed by atoms with van der Waals surface area (Å²) < 4.78 is 0. The van der Waals surface area contributed by atoms with E-state index in [0.717, 1.165) is 51.4 Å². The molecule has 0 fully saturated rings. The van der Waals surface area contributed by atoms with Crippen LogP contribution in [-0.2, 0) is 9.59 Å². The molecule has 0 aromatic heterocycles. The molecule has 0 saturated carbocycles. The zero-order valence-corrected chi connectivity index (χ0v) is 34.8. The Hall–Kier alpha value is -1.16. The lowest BCUT2D eigenvalue weighted by Crippen LogP contribution is -2.31. The number of allylic oxidation sites excluding steroid dienone is 2. The number of Topliss-reactive ketones (excluding diaryl/α,β-unsaturated/α-hetero) is 1. The van der Waals surface area contributed by atoms with Gasteiger partial charge in [-0.1, -0.05) is 206 Å². The smallest absolute Gasteiger partial charge is 0.220 e. The van der Waals surface area contributed by atoms with Gasteiger partial charge in [0.15, 0.2) is 0 Å². The fourth-order valence-corrected chi connectivity index (χ4v) is 7.18. The second-order valence-corrected chi connectivity index (χ2v) is 16.0. The van der Waals surface area contributed by atoms with Crippen LogP contribution in [0.15, 0.2) is 12.2 Å². The summed E-state index contributed by atoms with van der Waals surface area (Å²) >= 11 is 0. The summed E-state index contributed by atoms with van der Waals surface area (Å²) in [6, 6.07) is 0. The molecular formula is C47H91NO3. The number of unbranched alkanes of at least 4 members (excludes halogenated alkanes) is 31. The number of ketones is 1. The molecule has 0 aromatic carbocycles. The molecule has 0 rings (SSSR count). The van der Waals surface area contributed by atoms with Gasteiger partial charge >= 0.3 is 0 Å². The Kier molecular flexibility index (Phi) is 42.3. The maximum Gasteiger partial charge on any atom is 0.220 e. The minimum atomic E-state index is -0.409. The topological polar surface area (TPSA) is 66.4 Å². The lowest BCUT2D eigenvalue weighted by molar-refractivity contribution is -0.121. The van der Waals surface area contributed by atoms with Gasteiger partial charge in [0.1, 0.15) is 5.78 Å². The van der Waals surface area contributed by atoms with Crippen LogP contribution in [0.1, 0.15) is 264 Å². The van der Waals surface area contributed by atoms with Crippen molar-refractivity contribution in [2.45, 2.75) is 270 Å². The van der Waals surface area contributed by atoms with Gasteiger partial charge in [0.05, 0.1) is 6.10 Å². The van der Waals surface area contributed by atoms with Crippen molar-refractivity contribution in [1.29, 1.82) is 0 Å². The highest BCUT2D eigenvalue weighted by Crippen LogP contribution is 2.16. The highest BCUT2D eigenvalue weighted by molar-refractivity contribution is 5.78. The van der Waals surface area contributed by atoms with E-state index in [4.69, 9.17) is 0 Å². The molecule has 0 bridgehead atoms. The summed E-state index contributed by atoms with van der Waals surface area (Å²) in [5.41, 5.74) is 0. The minimum absolute atomic E-state index is 0.0847. The standard InChI is InChI=1S/C47H91NO3/c1-3-5-7-9-11-13-15-17-19-21-22-24-28-32-36-40-45(49)41-37-33-29-26-27-31-35-39-43-47(51)48-44-46(50)42-38-34-30-25-23-20-18-16-14-12-10-8-6-4-2/h17,19,46,50H,3-16,18,20-44H2,1-2H3,(H,48,51). The largest absolute Gasteiger partial charge is 0.391 e. The lowest BCUT2D eigenvalue weighted by Gasteiger charge is -2.12. The number of amides is 1. The predicted octanol–water partition coefficient (Wildman–Crippen LogP) is 14.8. The van der Waals surface area contributed by atoms with E-state index < -0.39 is 6.10 Å². The first-order chi connectivity index (χ1) is 25.1. The van der Waals surface area contributed by atoms with Crippen LogP contribution in [0.3, 0.4) is 0 Å². The zero-order chi connectivity index (χ0) is 37.1. The monoisotopic (exact) mass is 718 g/mol. The molecule has 0 saturated heterocycles. The average Bonchev–Trinajstić information content (AvgIpc) is 3.13. The molecule has 51 heavy (non-hydrogen) atoms. The number of hydrogen-bond donors (Lipinski definition) is 2. The van der Waals surface area contributed by atoms with Gasteiger partial charge in [-0.2, -0.15) is 0 Å². The third kappa shape index (κ3) is 43.1. The van der Waals surface area contributed by atoms with E-state index in [0.29, 0.717) is 18.7 Å². The van der Waals surface area contributed by atoms with E-state index in [1.807, 2.05) is 0 Å². The Bertz CT molecular complexity index is 735. The fourth-order valence-electron chi connectivity index (χ4n) is 7.18. The van der Waals surface area contributed by atoms with Crippen molar-refractivity contribution in [1.82, 2.24) is 5.32 Å². The molecule has 4 nitrogen and oxygen atoms in total. The van der Waals surface area contributed by atoms with Crippen LogP contribution < -0.4 is 5.32 Å². The first-order valence-electron chi connectivity index (χ1n) is 23.2. The van der Waals surface area contributed by atoms with Crippen molar-refractivity contribution in [3.05, 3.63) is 12.2 Å². The molecule has 0 radical (unpaired) electrons. The Balaban J connectivity index is 3.34. The molecule has 0 aliphatic heterocycles. The minimum Gasteiger partial charge on any atom is -0.391 e. The van der Waals surface area contributed by atoms with Crippen molar-refractivity contribution in [2.24, 2.45) is 0 Å². The molecule has 0 aliphatic rings. The van der Waals surface area contributed by atoms with Gasteiger partial charge in [0.25, 0.3) is 0 Å². The van der Waals surface area contributed by atoms with E-state index in [-0.39, 0.29) is 5.91 Å². The molecule has 0 aromatic rings. The number of aliphatic hydroxyl groups excluding tert-OH is 1. The maximum absolute atomic E-state index is 12.2. The lowest BCUT2D eigenvalue weighted by atomic mass is 10.0. The normalized spacial score (nSPS) is 12.2. The van der Waals surface area contributed by atoms with Crippen molar-refractivity contribution >= 4 is 11.7 Å². The van der Waals surface area contributed by atoms with Gasteiger partial charge in [-0.3, -0.25) is 9.59 Å². The molecule has 1 unspecified atom stereocenters. The maximum atomic E-state index is 12.2. The highest BCUT2D eigenvalue weighted by Gasteiger charge is 2.07. The predicted molar refractivity (Wildman–Crippen MR) is 225 cm³/mol. The summed E-state index contributed by atoms with van der Waals surface area (Å²) in [7, 11) is 0. The van der Waals surface area contributed by atoms with E-state index in [1.54, 1.807) is 0 Å². The first kappa shape index (κ1) is 49.8. The van der Waals surface area contributed by atoms with Crippen LogP contribution in [0.2, 0.25) is 0 Å². The van der Waals surface area contributed by atoms with Crippen LogP contribution in [0.4, 0.5) is 0 Å². The second-order valence-electron chi connectivity index (χ2n) is 16.0. The van der Waals surface area contributed by atoms with E-state index in [2.05, 4.69) is 31.3 Å². The summed E-state index contributed by atoms with van der Waals surface area (Å²) in [5.74, 6) is 0.551. The second kappa shape index (κ2) is 43.2. The molecule has 1 amide bonds. The third-order valence-corrected chi connectivity index (χ3v) is 10.8. The van der Waals surface area contributed by atoms with Crippen molar-refractivity contribution in [3.8, 4) is 0 Å². The Labute approximate surface area is 320 Å². The van der Waals surface area contributed by atoms with E-state index in [9.17, 15) is 14.7 Å². The van der Waals surface area contributed by atoms with Gasteiger partial charge < -0.3 is 10.4 Å². The average molecular weight is 718 g/mol. The third-order valence-electron chi connectivity index (χ3n) is 10.8. The number of hydrogen-bond acceptors (Lipinski definition) is 3. The summed E-state index contributed by atoms with van der Waals surface area (Å²) in [6.45, 7) is 4.96. The summed E-state index contributed by atoms with van der Waals surface area (Å²) in [6.07, 6.45) is 52.1. The van der Waals surface area contributed by atoms with Crippen molar-refractivity contribution in [3.63, 3.8) is 0 Å². The van der Waals surface area contributed by atoms with Crippen LogP contribution >= 0.6 is 0 Å². The van der Waals surface area contributed by atoms with Crippen LogP contribution in [-0.4, -0.2) is 29.4 Å². The van der Waals surface area contributed by atoms with Gasteiger partial charge in [0.2, 0.25) is 5.91 Å². The van der Waals surface area contributed by atoms with Crippen molar-refractivity contribution < 1.29 is 14.7 Å². The SMILES string of the molecule is CCCCCCCCC=CCCCCCCCC(=O)CCCCCCCCCCC(=O)NCC(O)CCCCCCCCCCCCCCCC. The molecule has 0 spiro atoms. The molecular weight excluding hydrogens is 627 g/mol. The number of aliphatic hydroxyl groups is 1. The highest BCUT2D eigenvalue weighted by atomic mass is 16.3. The number of rotatable bonds is 43. The summed E-state index contributed by atoms with van der Waals surface area (Å²) in [4.78, 5) is 24.4. The van der Waals surface area contributed by atoms with E-state index >= 15 is 0 Å². The van der Waals surface area contributed by atoms with Crippen molar-refractivity contribution in [2.75, 3.05) is 6.54 Å². The fraction of sp³-hybridized carbons (Fsp3) is 0.915. The number of carbonyl (C=O) groups excluding carboxylic acids is 2. The van der Waals surface area contributed by atoms with Gasteiger partial charge in [-0.25, -0.2) is 0 Å². The quantitative estimate of drug-likeness (QED) is 0.0487. The van der Waals surface area contributed by atoms with Gasteiger partial charge in [-0.05, 0) is 51.4 Å². The van der Waals surface area contributed by atoms with Crippen LogP contribution in [0, 0.1) is 0 Å². The summed E-state index contributed by atoms with van der Waals surface area (Å²) in [5, 5.41) is 13.2. The molecule has 0 heterocycles. The molecule has 302 valence electrons. The van der Waals surface area contributed by atoms with Crippen LogP contribution in [0.25, 0.3) is 0 Å². The molecule has 0 aliphatic carbocycles. The number of carbonyl (C=O) groups is 2. The van der Waals surface area contributed by atoms with Gasteiger partial charge in [-0.15, -0.1) is 0 Å². The van der Waals surface area contributed by atoms with Gasteiger partial charge in [0, 0.05) is 25.8 Å². The van der Waals surface area contributed by atoms with Crippen LogP contribution in [0.5, 0.6) is 0 Å².